The van der Waals surface area contributed by atoms with Crippen molar-refractivity contribution in [2.24, 2.45) is 0 Å². The standard InChI is InChI=1S/C14H9Cl4NO2/c15-7-14(20)19-9-2-4-13(11(18)6-9)21-12-3-1-8(16)5-10(12)17/h1-6H,7H2,(H,19,20). The van der Waals surface area contributed by atoms with E-state index in [9.17, 15) is 4.79 Å². The van der Waals surface area contributed by atoms with Crippen molar-refractivity contribution in [3.05, 3.63) is 51.5 Å². The summed E-state index contributed by atoms with van der Waals surface area (Å²) in [6.07, 6.45) is 0. The number of ether oxygens (including phenoxy) is 1. The lowest BCUT2D eigenvalue weighted by Crippen LogP contribution is -2.12. The van der Waals surface area contributed by atoms with Crippen LogP contribution in [0.2, 0.25) is 15.1 Å². The topological polar surface area (TPSA) is 38.3 Å². The highest BCUT2D eigenvalue weighted by atomic mass is 35.5. The zero-order chi connectivity index (χ0) is 15.4. The van der Waals surface area contributed by atoms with Crippen LogP contribution < -0.4 is 10.1 Å². The van der Waals surface area contributed by atoms with Crippen molar-refractivity contribution in [2.45, 2.75) is 0 Å². The van der Waals surface area contributed by atoms with E-state index in [0.717, 1.165) is 0 Å². The third-order valence-corrected chi connectivity index (χ3v) is 3.52. The van der Waals surface area contributed by atoms with E-state index in [1.54, 1.807) is 36.4 Å². The molecule has 0 atom stereocenters. The third-order valence-electron chi connectivity index (χ3n) is 2.45. The van der Waals surface area contributed by atoms with Gasteiger partial charge in [0.05, 0.1) is 10.0 Å². The van der Waals surface area contributed by atoms with E-state index < -0.39 is 0 Å². The van der Waals surface area contributed by atoms with Crippen LogP contribution in [0.3, 0.4) is 0 Å². The van der Waals surface area contributed by atoms with E-state index in [1.165, 1.54) is 0 Å². The Balaban J connectivity index is 2.19. The minimum Gasteiger partial charge on any atom is -0.454 e. The van der Waals surface area contributed by atoms with Crippen molar-refractivity contribution in [1.82, 2.24) is 0 Å². The van der Waals surface area contributed by atoms with Gasteiger partial charge >= 0.3 is 0 Å². The number of hydrogen-bond donors (Lipinski definition) is 1. The molecule has 0 spiro atoms. The van der Waals surface area contributed by atoms with Gasteiger partial charge in [-0.3, -0.25) is 4.79 Å². The number of carbonyl (C=O) groups is 1. The van der Waals surface area contributed by atoms with Gasteiger partial charge in [0.15, 0.2) is 0 Å². The second-order valence-corrected chi connectivity index (χ2v) is 5.52. The Morgan fingerprint density at radius 2 is 1.62 bits per heavy atom. The van der Waals surface area contributed by atoms with Gasteiger partial charge in [-0.05, 0) is 36.4 Å². The first-order chi connectivity index (χ1) is 9.99. The summed E-state index contributed by atoms with van der Waals surface area (Å²) >= 11 is 23.4. The van der Waals surface area contributed by atoms with Crippen LogP contribution in [0.15, 0.2) is 36.4 Å². The molecular weight excluding hydrogens is 356 g/mol. The van der Waals surface area contributed by atoms with E-state index in [0.29, 0.717) is 32.3 Å². The van der Waals surface area contributed by atoms with Crippen LogP contribution >= 0.6 is 46.4 Å². The van der Waals surface area contributed by atoms with Crippen LogP contribution in [0.5, 0.6) is 11.5 Å². The van der Waals surface area contributed by atoms with E-state index in [-0.39, 0.29) is 11.8 Å². The van der Waals surface area contributed by atoms with E-state index in [1.807, 2.05) is 0 Å². The summed E-state index contributed by atoms with van der Waals surface area (Å²) < 4.78 is 5.62. The van der Waals surface area contributed by atoms with Gasteiger partial charge in [-0.2, -0.15) is 0 Å². The molecule has 0 saturated heterocycles. The molecule has 7 heteroatoms. The highest BCUT2D eigenvalue weighted by Gasteiger charge is 2.09. The van der Waals surface area contributed by atoms with Gasteiger partial charge < -0.3 is 10.1 Å². The number of rotatable bonds is 4. The number of alkyl halides is 1. The van der Waals surface area contributed by atoms with Gasteiger partial charge in [0, 0.05) is 10.7 Å². The van der Waals surface area contributed by atoms with Gasteiger partial charge in [-0.25, -0.2) is 0 Å². The number of benzene rings is 2. The molecule has 2 rings (SSSR count). The summed E-state index contributed by atoms with van der Waals surface area (Å²) in [6, 6.07) is 9.70. The van der Waals surface area contributed by atoms with Crippen molar-refractivity contribution in [2.75, 3.05) is 11.2 Å². The molecule has 0 fully saturated rings. The Labute approximate surface area is 141 Å². The minimum atomic E-state index is -0.317. The first-order valence-corrected chi connectivity index (χ1v) is 7.44. The number of anilines is 1. The lowest BCUT2D eigenvalue weighted by atomic mass is 10.3. The summed E-state index contributed by atoms with van der Waals surface area (Å²) in [5.41, 5.74) is 0.528. The van der Waals surface area contributed by atoms with Crippen molar-refractivity contribution in [3.63, 3.8) is 0 Å². The lowest BCUT2D eigenvalue weighted by molar-refractivity contribution is -0.113. The number of nitrogens with one attached hydrogen (secondary N) is 1. The summed E-state index contributed by atoms with van der Waals surface area (Å²) in [4.78, 5) is 11.2. The maximum atomic E-state index is 11.2. The van der Waals surface area contributed by atoms with Crippen molar-refractivity contribution in [3.8, 4) is 11.5 Å². The highest BCUT2D eigenvalue weighted by Crippen LogP contribution is 2.36. The SMILES string of the molecule is O=C(CCl)Nc1ccc(Oc2ccc(Cl)cc2Cl)c(Cl)c1. The molecule has 0 aliphatic heterocycles. The fourth-order valence-corrected chi connectivity index (χ4v) is 2.27. The Morgan fingerprint density at radius 1 is 1.00 bits per heavy atom. The second-order valence-electron chi connectivity index (χ2n) is 4.00. The average Bonchev–Trinajstić information content (AvgIpc) is 2.44. The fraction of sp³-hybridized carbons (Fsp3) is 0.0714. The summed E-state index contributed by atoms with van der Waals surface area (Å²) in [6.45, 7) is 0. The second kappa shape index (κ2) is 7.23. The molecule has 1 N–H and O–H groups in total. The molecule has 1 amide bonds. The molecule has 0 heterocycles. The molecule has 0 aromatic heterocycles. The summed E-state index contributed by atoms with van der Waals surface area (Å²) in [5.74, 6) is 0.392. The Morgan fingerprint density at radius 3 is 2.19 bits per heavy atom. The molecule has 0 bridgehead atoms. The van der Waals surface area contributed by atoms with Gasteiger partial charge in [0.25, 0.3) is 0 Å². The predicted octanol–water partition coefficient (Wildman–Crippen LogP) is 5.62. The molecule has 0 unspecified atom stereocenters. The summed E-state index contributed by atoms with van der Waals surface area (Å²) in [5, 5.41) is 3.80. The molecule has 110 valence electrons. The Kier molecular flexibility index (Phi) is 5.59. The van der Waals surface area contributed by atoms with E-state index in [4.69, 9.17) is 51.1 Å². The first-order valence-electron chi connectivity index (χ1n) is 5.78. The Bertz CT molecular complexity index is 676. The molecule has 2 aromatic carbocycles. The largest absolute Gasteiger partial charge is 0.454 e. The van der Waals surface area contributed by atoms with E-state index >= 15 is 0 Å². The Hall–Kier alpha value is -1.13. The maximum Gasteiger partial charge on any atom is 0.239 e. The van der Waals surface area contributed by atoms with Crippen LogP contribution in [-0.4, -0.2) is 11.8 Å². The molecule has 3 nitrogen and oxygen atoms in total. The molecule has 2 aromatic rings. The smallest absolute Gasteiger partial charge is 0.239 e. The molecule has 0 aliphatic carbocycles. The molecule has 0 aliphatic rings. The average molecular weight is 365 g/mol. The van der Waals surface area contributed by atoms with Crippen molar-refractivity contribution < 1.29 is 9.53 Å². The zero-order valence-corrected chi connectivity index (χ0v) is 13.5. The fourth-order valence-electron chi connectivity index (χ4n) is 1.53. The van der Waals surface area contributed by atoms with Crippen LogP contribution in [0, 0.1) is 0 Å². The predicted molar refractivity (Wildman–Crippen MR) is 87.3 cm³/mol. The quantitative estimate of drug-likeness (QED) is 0.715. The van der Waals surface area contributed by atoms with Gasteiger partial charge in [-0.15, -0.1) is 11.6 Å². The highest BCUT2D eigenvalue weighted by molar-refractivity contribution is 6.35. The van der Waals surface area contributed by atoms with Gasteiger partial charge in [-0.1, -0.05) is 34.8 Å². The van der Waals surface area contributed by atoms with Crippen LogP contribution in [0.25, 0.3) is 0 Å². The molecular formula is C14H9Cl4NO2. The zero-order valence-electron chi connectivity index (χ0n) is 10.5. The minimum absolute atomic E-state index is 0.129. The number of halogens is 4. The first kappa shape index (κ1) is 16.2. The number of hydrogen-bond acceptors (Lipinski definition) is 2. The van der Waals surface area contributed by atoms with Crippen LogP contribution in [0.4, 0.5) is 5.69 Å². The van der Waals surface area contributed by atoms with Gasteiger partial charge in [0.1, 0.15) is 17.4 Å². The number of amides is 1. The monoisotopic (exact) mass is 363 g/mol. The van der Waals surface area contributed by atoms with Crippen LogP contribution in [0.1, 0.15) is 0 Å². The van der Waals surface area contributed by atoms with E-state index in [2.05, 4.69) is 5.32 Å². The van der Waals surface area contributed by atoms with Gasteiger partial charge in [0.2, 0.25) is 5.91 Å². The van der Waals surface area contributed by atoms with Crippen molar-refractivity contribution in [1.29, 1.82) is 0 Å². The molecule has 21 heavy (non-hydrogen) atoms. The van der Waals surface area contributed by atoms with Crippen molar-refractivity contribution >= 4 is 58.0 Å². The molecule has 0 radical (unpaired) electrons. The van der Waals surface area contributed by atoms with Crippen LogP contribution in [-0.2, 0) is 4.79 Å². The maximum absolute atomic E-state index is 11.2. The third kappa shape index (κ3) is 4.42. The normalized spacial score (nSPS) is 10.3. The number of carbonyl (C=O) groups excluding carboxylic acids is 1. The summed E-state index contributed by atoms with van der Waals surface area (Å²) in [7, 11) is 0. The molecule has 0 saturated carbocycles. The lowest BCUT2D eigenvalue weighted by Gasteiger charge is -2.11.